The molecule has 2 aromatic rings. The summed E-state index contributed by atoms with van der Waals surface area (Å²) in [6.07, 6.45) is 5.60. The van der Waals surface area contributed by atoms with Crippen molar-refractivity contribution >= 4 is 5.97 Å². The molecule has 0 aliphatic carbocycles. The van der Waals surface area contributed by atoms with E-state index in [0.717, 1.165) is 5.56 Å². The monoisotopic (exact) mass is 340 g/mol. The van der Waals surface area contributed by atoms with Gasteiger partial charge in [-0.1, -0.05) is 12.0 Å². The summed E-state index contributed by atoms with van der Waals surface area (Å²) in [6.45, 7) is 0.485. The van der Waals surface area contributed by atoms with E-state index in [1.165, 1.54) is 13.2 Å². The molecule has 0 N–H and O–H groups in total. The van der Waals surface area contributed by atoms with Crippen molar-refractivity contribution < 1.29 is 23.4 Å². The first kappa shape index (κ1) is 16.8. The van der Waals surface area contributed by atoms with E-state index in [0.29, 0.717) is 29.2 Å². The zero-order chi connectivity index (χ0) is 17.8. The van der Waals surface area contributed by atoms with Gasteiger partial charge in [-0.3, -0.25) is 4.79 Å². The maximum Gasteiger partial charge on any atom is 0.306 e. The maximum atomic E-state index is 13.8. The van der Waals surface area contributed by atoms with E-state index in [2.05, 4.69) is 5.92 Å². The smallest absolute Gasteiger partial charge is 0.306 e. The van der Waals surface area contributed by atoms with Crippen LogP contribution in [0.3, 0.4) is 0 Å². The minimum absolute atomic E-state index is 0.0266. The molecular weight excluding hydrogens is 323 g/mol. The van der Waals surface area contributed by atoms with Crippen LogP contribution in [0, 0.1) is 18.2 Å². The Morgan fingerprint density at radius 2 is 2.20 bits per heavy atom. The lowest BCUT2D eigenvalue weighted by atomic mass is 9.98. The van der Waals surface area contributed by atoms with Crippen LogP contribution in [0.1, 0.15) is 29.0 Å². The van der Waals surface area contributed by atoms with Crippen molar-refractivity contribution in [3.63, 3.8) is 0 Å². The second-order valence-electron chi connectivity index (χ2n) is 5.73. The van der Waals surface area contributed by atoms with Gasteiger partial charge >= 0.3 is 5.97 Å². The number of fused-ring (bicyclic) bond motifs is 1. The van der Waals surface area contributed by atoms with Crippen molar-refractivity contribution in [2.75, 3.05) is 13.7 Å². The molecular formula is C20H17FO4. The van der Waals surface area contributed by atoms with Crippen molar-refractivity contribution in [2.24, 2.45) is 0 Å². The van der Waals surface area contributed by atoms with Gasteiger partial charge in [0.25, 0.3) is 0 Å². The molecule has 128 valence electrons. The van der Waals surface area contributed by atoms with E-state index in [1.807, 2.05) is 6.07 Å². The summed E-state index contributed by atoms with van der Waals surface area (Å²) in [6, 6.07) is 9.85. The third-order valence-electron chi connectivity index (χ3n) is 4.11. The Morgan fingerprint density at radius 3 is 2.96 bits per heavy atom. The molecule has 0 saturated carbocycles. The molecule has 0 amide bonds. The summed E-state index contributed by atoms with van der Waals surface area (Å²) in [4.78, 5) is 11.4. The van der Waals surface area contributed by atoms with Gasteiger partial charge in [0.1, 0.15) is 23.9 Å². The number of ether oxygens (including phenoxy) is 3. The molecule has 4 nitrogen and oxygen atoms in total. The van der Waals surface area contributed by atoms with Crippen LogP contribution in [0.15, 0.2) is 36.4 Å². The van der Waals surface area contributed by atoms with E-state index in [-0.39, 0.29) is 30.7 Å². The van der Waals surface area contributed by atoms with E-state index in [4.69, 9.17) is 20.6 Å². The van der Waals surface area contributed by atoms with Crippen molar-refractivity contribution in [1.82, 2.24) is 0 Å². The summed E-state index contributed by atoms with van der Waals surface area (Å²) in [5.74, 6) is 3.04. The topological polar surface area (TPSA) is 44.8 Å². The Labute approximate surface area is 145 Å². The first-order valence-electron chi connectivity index (χ1n) is 7.82. The lowest BCUT2D eigenvalue weighted by molar-refractivity contribution is -0.141. The van der Waals surface area contributed by atoms with Gasteiger partial charge in [0.05, 0.1) is 20.1 Å². The highest BCUT2D eigenvalue weighted by Gasteiger charge is 2.27. The molecule has 0 bridgehead atoms. The van der Waals surface area contributed by atoms with Crippen molar-refractivity contribution in [3.05, 3.63) is 58.9 Å². The number of hydrogen-bond acceptors (Lipinski definition) is 4. The molecule has 1 aliphatic heterocycles. The van der Waals surface area contributed by atoms with Crippen LogP contribution in [0.2, 0.25) is 0 Å². The van der Waals surface area contributed by atoms with Crippen molar-refractivity contribution in [1.29, 1.82) is 0 Å². The Balaban J connectivity index is 1.70. The summed E-state index contributed by atoms with van der Waals surface area (Å²) >= 11 is 0. The third kappa shape index (κ3) is 3.74. The minimum atomic E-state index is -0.366. The van der Waals surface area contributed by atoms with Crippen LogP contribution in [-0.2, 0) is 16.1 Å². The zero-order valence-corrected chi connectivity index (χ0v) is 13.8. The van der Waals surface area contributed by atoms with Gasteiger partial charge < -0.3 is 14.2 Å². The van der Waals surface area contributed by atoms with Crippen LogP contribution in [0.25, 0.3) is 0 Å². The van der Waals surface area contributed by atoms with Crippen molar-refractivity contribution in [3.8, 4) is 23.8 Å². The number of benzene rings is 2. The predicted octanol–water partition coefficient (Wildman–Crippen LogP) is 3.43. The number of hydrogen-bond donors (Lipinski definition) is 0. The van der Waals surface area contributed by atoms with E-state index in [9.17, 15) is 9.18 Å². The molecule has 1 unspecified atom stereocenters. The number of carbonyl (C=O) groups excluding carboxylic acids is 1. The van der Waals surface area contributed by atoms with Gasteiger partial charge in [-0.05, 0) is 24.3 Å². The molecule has 5 heteroatoms. The van der Waals surface area contributed by atoms with Crippen LogP contribution in [0.4, 0.5) is 4.39 Å². The second-order valence-corrected chi connectivity index (χ2v) is 5.73. The molecule has 0 aromatic heterocycles. The molecule has 3 rings (SSSR count). The Kier molecular flexibility index (Phi) is 4.90. The van der Waals surface area contributed by atoms with Gasteiger partial charge in [0.15, 0.2) is 0 Å². The molecule has 0 spiro atoms. The van der Waals surface area contributed by atoms with E-state index in [1.54, 1.807) is 24.3 Å². The quantitative estimate of drug-likeness (QED) is 0.618. The second kappa shape index (κ2) is 7.27. The molecule has 2 aromatic carbocycles. The third-order valence-corrected chi connectivity index (χ3v) is 4.11. The number of methoxy groups -OCH3 is 1. The van der Waals surface area contributed by atoms with Crippen LogP contribution in [-0.4, -0.2) is 19.7 Å². The van der Waals surface area contributed by atoms with Gasteiger partial charge in [-0.2, -0.15) is 0 Å². The normalized spacial score (nSPS) is 15.0. The largest absolute Gasteiger partial charge is 0.492 e. The van der Waals surface area contributed by atoms with Crippen LogP contribution < -0.4 is 9.47 Å². The summed E-state index contributed by atoms with van der Waals surface area (Å²) in [5.41, 5.74) is 1.93. The van der Waals surface area contributed by atoms with Gasteiger partial charge in [-0.25, -0.2) is 4.39 Å². The Morgan fingerprint density at radius 1 is 1.36 bits per heavy atom. The highest BCUT2D eigenvalue weighted by atomic mass is 19.1. The highest BCUT2D eigenvalue weighted by Crippen LogP contribution is 2.38. The first-order valence-corrected chi connectivity index (χ1v) is 7.82. The average Bonchev–Trinajstić information content (AvgIpc) is 3.03. The number of esters is 1. The molecule has 1 heterocycles. The van der Waals surface area contributed by atoms with Gasteiger partial charge in [0.2, 0.25) is 0 Å². The highest BCUT2D eigenvalue weighted by molar-refractivity contribution is 5.71. The average molecular weight is 340 g/mol. The summed E-state index contributed by atoms with van der Waals surface area (Å²) < 4.78 is 29.8. The maximum absolute atomic E-state index is 13.8. The standard InChI is InChI=1S/C20H17FO4/c1-3-13-4-7-18(21)15(8-13)12-24-16-5-6-17-14(9-20(22)23-2)11-25-19(17)10-16/h1,4-8,10,14H,9,11-12H2,2H3. The lowest BCUT2D eigenvalue weighted by Crippen LogP contribution is -2.09. The van der Waals surface area contributed by atoms with E-state index >= 15 is 0 Å². The molecule has 1 atom stereocenters. The fraction of sp³-hybridized carbons (Fsp3) is 0.250. The summed E-state index contributed by atoms with van der Waals surface area (Å²) in [7, 11) is 1.37. The zero-order valence-electron chi connectivity index (χ0n) is 13.8. The van der Waals surface area contributed by atoms with Crippen LogP contribution in [0.5, 0.6) is 11.5 Å². The Bertz CT molecular complexity index is 838. The Hall–Kier alpha value is -3.00. The first-order chi connectivity index (χ1) is 12.1. The lowest BCUT2D eigenvalue weighted by Gasteiger charge is -2.10. The summed E-state index contributed by atoms with van der Waals surface area (Å²) in [5, 5.41) is 0. The number of halogens is 1. The minimum Gasteiger partial charge on any atom is -0.492 e. The number of terminal acetylenes is 1. The molecule has 0 fully saturated rings. The fourth-order valence-electron chi connectivity index (χ4n) is 2.74. The van der Waals surface area contributed by atoms with E-state index < -0.39 is 0 Å². The fourth-order valence-corrected chi connectivity index (χ4v) is 2.74. The number of carbonyl (C=O) groups is 1. The molecule has 1 aliphatic rings. The molecule has 0 radical (unpaired) electrons. The van der Waals surface area contributed by atoms with Crippen molar-refractivity contribution in [2.45, 2.75) is 18.9 Å². The molecule has 25 heavy (non-hydrogen) atoms. The van der Waals surface area contributed by atoms with Gasteiger partial charge in [-0.15, -0.1) is 6.42 Å². The van der Waals surface area contributed by atoms with Crippen LogP contribution >= 0.6 is 0 Å². The van der Waals surface area contributed by atoms with Gasteiger partial charge in [0, 0.05) is 28.7 Å². The SMILES string of the molecule is C#Cc1ccc(F)c(COc2ccc3c(c2)OCC3CC(=O)OC)c1. The predicted molar refractivity (Wildman–Crippen MR) is 90.0 cm³/mol. The molecule has 0 saturated heterocycles. The number of rotatable bonds is 5.